The van der Waals surface area contributed by atoms with E-state index in [0.717, 1.165) is 44.7 Å². The van der Waals surface area contributed by atoms with Crippen LogP contribution in [0.3, 0.4) is 0 Å². The van der Waals surface area contributed by atoms with Gasteiger partial charge in [-0.15, -0.1) is 48.1 Å². The summed E-state index contributed by atoms with van der Waals surface area (Å²) in [7, 11) is 0. The average molecular weight is 987 g/mol. The van der Waals surface area contributed by atoms with E-state index in [-0.39, 0.29) is 31.9 Å². The smallest absolute Gasteiger partial charge is 0.135 e. The van der Waals surface area contributed by atoms with Crippen LogP contribution in [-0.4, -0.2) is 9.55 Å². The van der Waals surface area contributed by atoms with Gasteiger partial charge in [-0.1, -0.05) is 131 Å². The normalized spacial score (nSPS) is 13.5. The maximum absolute atomic E-state index is 6.61. The van der Waals surface area contributed by atoms with Crippen molar-refractivity contribution in [2.75, 3.05) is 9.80 Å². The Bertz CT molecular complexity index is 2710. The summed E-state index contributed by atoms with van der Waals surface area (Å²) in [6.45, 7) is 29.5. The molecule has 5 nitrogen and oxygen atoms in total. The monoisotopic (exact) mass is 986 g/mol. The fourth-order valence-corrected chi connectivity index (χ4v) is 8.35. The molecule has 1 aliphatic heterocycles. The molecule has 318 valence electrons. The maximum Gasteiger partial charge on any atom is 0.135 e. The fraction of sp³-hybridized carbons (Fsp3) is 0.309. The standard InChI is InChI=1S/C55H59N4O.Pt/c1-35(2)39-28-47(36(3)4)53(48(29-39)37(5)6)38-17-15-18-41(27-38)57-33-51(55(10,11)12)58(34-57)42-19-16-20-43(31-42)60-44-23-24-46-45-21-13-14-22-49(45)59(50(46)32-44)52-30-40(25-26-56-52)54(7,8)9;/h13-30,33-37H,1-12H3;/q-3;. The van der Waals surface area contributed by atoms with Gasteiger partial charge in [-0.25, -0.2) is 4.98 Å². The van der Waals surface area contributed by atoms with Crippen LogP contribution >= 0.6 is 0 Å². The minimum Gasteiger partial charge on any atom is -0.509 e. The summed E-state index contributed by atoms with van der Waals surface area (Å²) in [5.41, 5.74) is 13.1. The number of ether oxygens (including phenoxy) is 1. The van der Waals surface area contributed by atoms with Gasteiger partial charge < -0.3 is 19.1 Å². The molecule has 0 saturated carbocycles. The van der Waals surface area contributed by atoms with Crippen molar-refractivity contribution in [1.82, 2.24) is 9.55 Å². The van der Waals surface area contributed by atoms with E-state index in [1.807, 2.05) is 24.4 Å². The van der Waals surface area contributed by atoms with E-state index >= 15 is 0 Å². The molecule has 5 aromatic carbocycles. The zero-order chi connectivity index (χ0) is 42.7. The number of aromatic nitrogens is 2. The van der Waals surface area contributed by atoms with E-state index in [1.165, 1.54) is 33.4 Å². The Morgan fingerprint density at radius 3 is 2.02 bits per heavy atom. The predicted molar refractivity (Wildman–Crippen MR) is 252 cm³/mol. The molecule has 0 atom stereocenters. The van der Waals surface area contributed by atoms with Crippen molar-refractivity contribution in [2.45, 2.75) is 106 Å². The first kappa shape index (κ1) is 44.0. The molecule has 6 heteroatoms. The quantitative estimate of drug-likeness (QED) is 0.135. The van der Waals surface area contributed by atoms with Crippen LogP contribution in [-0.2, 0) is 26.5 Å². The van der Waals surface area contributed by atoms with Gasteiger partial charge in [0.15, 0.2) is 0 Å². The SMILES string of the molecule is CC(C)c1cc(C(C)C)c(-c2cccc(N3C=C(C(C)(C)C)N(c4[c-]c(Oc5[c-]c6c(cc5)c5ccccc5n6-c5cc(C(C)(C)C)ccn5)ccc4)[CH-]3)c2)c(C(C)C)c1.[Pt]. The van der Waals surface area contributed by atoms with E-state index < -0.39 is 0 Å². The molecular formula is C55H59N4OPt-3. The van der Waals surface area contributed by atoms with E-state index in [2.05, 4.69) is 207 Å². The van der Waals surface area contributed by atoms with Crippen molar-refractivity contribution in [2.24, 2.45) is 5.41 Å². The summed E-state index contributed by atoms with van der Waals surface area (Å²) >= 11 is 0. The third kappa shape index (κ3) is 8.69. The van der Waals surface area contributed by atoms with Gasteiger partial charge in [0.25, 0.3) is 0 Å². The Labute approximate surface area is 378 Å². The number of fused-ring (bicyclic) bond motifs is 3. The first-order valence-electron chi connectivity index (χ1n) is 21.5. The average Bonchev–Trinajstić information content (AvgIpc) is 3.81. The molecule has 0 radical (unpaired) electrons. The summed E-state index contributed by atoms with van der Waals surface area (Å²) in [6.07, 6.45) is 4.17. The van der Waals surface area contributed by atoms with Gasteiger partial charge in [-0.05, 0) is 98.5 Å². The number of anilines is 2. The molecule has 0 fully saturated rings. The van der Waals surface area contributed by atoms with Crippen molar-refractivity contribution in [1.29, 1.82) is 0 Å². The Morgan fingerprint density at radius 2 is 1.34 bits per heavy atom. The fourth-order valence-electron chi connectivity index (χ4n) is 8.35. The molecule has 7 aromatic rings. The van der Waals surface area contributed by atoms with E-state index in [4.69, 9.17) is 9.72 Å². The zero-order valence-corrected chi connectivity index (χ0v) is 40.1. The number of benzene rings is 5. The van der Waals surface area contributed by atoms with Crippen molar-refractivity contribution in [3.63, 3.8) is 0 Å². The molecule has 8 rings (SSSR count). The van der Waals surface area contributed by atoms with Crippen molar-refractivity contribution in [3.8, 4) is 28.4 Å². The van der Waals surface area contributed by atoms with Crippen molar-refractivity contribution in [3.05, 3.63) is 162 Å². The number of para-hydroxylation sites is 1. The third-order valence-corrected chi connectivity index (χ3v) is 11.7. The van der Waals surface area contributed by atoms with Crippen LogP contribution in [0.15, 0.2) is 121 Å². The number of pyridine rings is 1. The van der Waals surface area contributed by atoms with Crippen molar-refractivity contribution < 1.29 is 25.8 Å². The number of hydrogen-bond donors (Lipinski definition) is 0. The molecule has 1 aliphatic rings. The molecule has 0 bridgehead atoms. The first-order chi connectivity index (χ1) is 28.5. The van der Waals surface area contributed by atoms with Gasteiger partial charge in [-0.2, -0.15) is 12.1 Å². The van der Waals surface area contributed by atoms with Crippen LogP contribution in [0.1, 0.15) is 123 Å². The van der Waals surface area contributed by atoms with Crippen LogP contribution in [0.25, 0.3) is 38.8 Å². The van der Waals surface area contributed by atoms with Gasteiger partial charge in [0, 0.05) is 61.1 Å². The second-order valence-corrected chi connectivity index (χ2v) is 19.3. The van der Waals surface area contributed by atoms with Crippen LogP contribution < -0.4 is 14.5 Å². The van der Waals surface area contributed by atoms with Gasteiger partial charge in [0.2, 0.25) is 0 Å². The minimum atomic E-state index is -0.152. The molecule has 3 heterocycles. The van der Waals surface area contributed by atoms with Crippen molar-refractivity contribution >= 4 is 33.2 Å². The Kier molecular flexibility index (Phi) is 12.2. The predicted octanol–water partition coefficient (Wildman–Crippen LogP) is 15.2. The second-order valence-electron chi connectivity index (χ2n) is 19.3. The molecule has 0 saturated heterocycles. The largest absolute Gasteiger partial charge is 0.509 e. The van der Waals surface area contributed by atoms with Gasteiger partial charge in [0.1, 0.15) is 5.82 Å². The molecule has 0 spiro atoms. The Balaban J connectivity index is 0.00000561. The van der Waals surface area contributed by atoms with E-state index in [1.54, 1.807) is 0 Å². The summed E-state index contributed by atoms with van der Waals surface area (Å²) in [6, 6.07) is 44.1. The van der Waals surface area contributed by atoms with Gasteiger partial charge >= 0.3 is 0 Å². The zero-order valence-electron chi connectivity index (χ0n) is 37.8. The van der Waals surface area contributed by atoms with E-state index in [0.29, 0.717) is 29.3 Å². The van der Waals surface area contributed by atoms with E-state index in [9.17, 15) is 0 Å². The molecular weight excluding hydrogens is 928 g/mol. The van der Waals surface area contributed by atoms with Gasteiger partial charge in [0.05, 0.1) is 0 Å². The Morgan fingerprint density at radius 1 is 0.656 bits per heavy atom. The first-order valence-corrected chi connectivity index (χ1v) is 21.5. The van der Waals surface area contributed by atoms with Gasteiger partial charge in [-0.3, -0.25) is 0 Å². The summed E-state index contributed by atoms with van der Waals surface area (Å²) < 4.78 is 8.81. The van der Waals surface area contributed by atoms with Crippen LogP contribution in [0.4, 0.5) is 11.4 Å². The molecule has 61 heavy (non-hydrogen) atoms. The number of nitrogens with zero attached hydrogens (tertiary/aromatic N) is 4. The molecule has 0 unspecified atom stereocenters. The summed E-state index contributed by atoms with van der Waals surface area (Å²) in [5, 5.41) is 2.25. The molecule has 0 amide bonds. The molecule has 0 aliphatic carbocycles. The topological polar surface area (TPSA) is 33.5 Å². The molecule has 2 aromatic heterocycles. The van der Waals surface area contributed by atoms with Crippen LogP contribution in [0, 0.1) is 24.2 Å². The summed E-state index contributed by atoms with van der Waals surface area (Å²) in [5.74, 6) is 3.37. The summed E-state index contributed by atoms with van der Waals surface area (Å²) in [4.78, 5) is 9.34. The number of allylic oxidation sites excluding steroid dienone is 1. The third-order valence-electron chi connectivity index (χ3n) is 11.7. The number of hydrogen-bond acceptors (Lipinski definition) is 4. The second kappa shape index (κ2) is 17.0. The maximum atomic E-state index is 6.61. The number of rotatable bonds is 9. The van der Waals surface area contributed by atoms with Crippen LogP contribution in [0.2, 0.25) is 0 Å². The van der Waals surface area contributed by atoms with Crippen LogP contribution in [0.5, 0.6) is 11.5 Å². The Hall–Kier alpha value is -5.12. The molecule has 0 N–H and O–H groups in total. The minimum absolute atomic E-state index is 0.